The molecule has 0 radical (unpaired) electrons. The second kappa shape index (κ2) is 13.2. The third kappa shape index (κ3) is 5.97. The lowest BCUT2D eigenvalue weighted by molar-refractivity contribution is -0.261. The lowest BCUT2D eigenvalue weighted by atomic mass is 9.39. The van der Waals surface area contributed by atoms with E-state index < -0.39 is 94.4 Å². The molecule has 12 heteroatoms. The van der Waals surface area contributed by atoms with Gasteiger partial charge in [-0.05, 0) is 36.5 Å². The minimum Gasteiger partial charge on any atom is -0.472 e. The molecule has 3 fully saturated rings. The monoisotopic (exact) mass is 686 g/mol. The minimum absolute atomic E-state index is 0.144. The summed E-state index contributed by atoms with van der Waals surface area (Å²) in [5.74, 6) is -4.44. The van der Waals surface area contributed by atoms with Gasteiger partial charge in [-0.2, -0.15) is 0 Å². The van der Waals surface area contributed by atoms with E-state index in [2.05, 4.69) is 0 Å². The van der Waals surface area contributed by atoms with E-state index in [1.165, 1.54) is 27.9 Å². The number of esters is 5. The highest BCUT2D eigenvalue weighted by atomic mass is 16.6. The summed E-state index contributed by atoms with van der Waals surface area (Å²) in [5.41, 5.74) is -0.578. The van der Waals surface area contributed by atoms with Gasteiger partial charge in [-0.15, -0.1) is 0 Å². The highest BCUT2D eigenvalue weighted by Crippen LogP contribution is 2.72. The van der Waals surface area contributed by atoms with E-state index in [1.54, 1.807) is 26.4 Å². The van der Waals surface area contributed by atoms with E-state index in [9.17, 15) is 24.0 Å². The summed E-state index contributed by atoms with van der Waals surface area (Å²) in [4.78, 5) is 65.2. The van der Waals surface area contributed by atoms with E-state index in [-0.39, 0.29) is 25.4 Å². The fraction of sp³-hybridized carbons (Fsp3) is 0.703. The smallest absolute Gasteiger partial charge is 0.308 e. The normalized spacial score (nSPS) is 38.1. The van der Waals surface area contributed by atoms with Crippen molar-refractivity contribution in [2.45, 2.75) is 118 Å². The predicted molar refractivity (Wildman–Crippen MR) is 172 cm³/mol. The van der Waals surface area contributed by atoms with E-state index in [1.807, 2.05) is 33.8 Å². The number of ether oxygens (including phenoxy) is 6. The van der Waals surface area contributed by atoms with Gasteiger partial charge in [0.05, 0.1) is 38.3 Å². The van der Waals surface area contributed by atoms with Crippen LogP contribution < -0.4 is 0 Å². The molecule has 270 valence electrons. The van der Waals surface area contributed by atoms with Gasteiger partial charge < -0.3 is 32.8 Å². The van der Waals surface area contributed by atoms with Gasteiger partial charge >= 0.3 is 29.8 Å². The number of furan rings is 1. The van der Waals surface area contributed by atoms with Crippen molar-refractivity contribution in [2.24, 2.45) is 34.0 Å². The van der Waals surface area contributed by atoms with Crippen LogP contribution in [-0.2, 0) is 52.4 Å². The zero-order chi connectivity index (χ0) is 36.2. The number of carbonyl (C=O) groups excluding carboxylic acids is 5. The topological polar surface area (TPSA) is 154 Å². The van der Waals surface area contributed by atoms with E-state index in [0.717, 1.165) is 11.1 Å². The van der Waals surface area contributed by atoms with Crippen molar-refractivity contribution < 1.29 is 56.8 Å². The Kier molecular flexibility index (Phi) is 9.88. The van der Waals surface area contributed by atoms with Crippen LogP contribution in [-0.4, -0.2) is 74.1 Å². The molecule has 3 aliphatic carbocycles. The number of hydrogen-bond donors (Lipinski definition) is 0. The van der Waals surface area contributed by atoms with Gasteiger partial charge in [0, 0.05) is 61.7 Å². The van der Waals surface area contributed by atoms with Crippen molar-refractivity contribution >= 4 is 29.8 Å². The van der Waals surface area contributed by atoms with E-state index in [0.29, 0.717) is 12.0 Å². The molecule has 49 heavy (non-hydrogen) atoms. The Morgan fingerprint density at radius 3 is 2.10 bits per heavy atom. The first-order valence-corrected chi connectivity index (χ1v) is 17.0. The minimum atomic E-state index is -1.23. The Morgan fingerprint density at radius 2 is 1.55 bits per heavy atom. The molecule has 11 atom stereocenters. The number of hydrogen-bond acceptors (Lipinski definition) is 12. The lowest BCUT2D eigenvalue weighted by Gasteiger charge is -2.66. The molecule has 2 heterocycles. The standard InChI is InChI=1S/C37H50O12/c1-18(2)34(42)49-33-31-32-35(7,17-45-31)27(47-21(5)39)15-28(48-22(6)40)36(32,8)26(14-29(41)43-10)37(33,9)30-19(3)24(23-11-12-44-16-23)13-25(30)46-20(4)38/h11-12,16,18,24-28,31-33H,13-15,17H2,1-10H3. The van der Waals surface area contributed by atoms with Crippen LogP contribution in [0.3, 0.4) is 0 Å². The third-order valence-corrected chi connectivity index (χ3v) is 12.0. The number of allylic oxidation sites excluding steroid dienone is 1. The molecule has 4 aliphatic rings. The number of carbonyl (C=O) groups is 5. The summed E-state index contributed by atoms with van der Waals surface area (Å²) in [7, 11) is 1.31. The summed E-state index contributed by atoms with van der Waals surface area (Å²) in [5, 5.41) is 0. The Balaban J connectivity index is 1.84. The Labute approximate surface area is 287 Å². The first-order valence-electron chi connectivity index (χ1n) is 17.0. The zero-order valence-electron chi connectivity index (χ0n) is 30.2. The van der Waals surface area contributed by atoms with Gasteiger partial charge in [-0.3, -0.25) is 24.0 Å². The highest BCUT2D eigenvalue weighted by Gasteiger charge is 2.77. The Hall–Kier alpha value is -3.67. The molecule has 0 bridgehead atoms. The molecule has 1 aromatic heterocycles. The molecule has 1 saturated heterocycles. The molecule has 1 aromatic rings. The quantitative estimate of drug-likeness (QED) is 0.193. The van der Waals surface area contributed by atoms with Crippen LogP contribution >= 0.6 is 0 Å². The third-order valence-electron chi connectivity index (χ3n) is 12.0. The van der Waals surface area contributed by atoms with E-state index >= 15 is 0 Å². The maximum absolute atomic E-state index is 13.7. The maximum atomic E-state index is 13.7. The fourth-order valence-corrected chi connectivity index (χ4v) is 10.1. The predicted octanol–water partition coefficient (Wildman–Crippen LogP) is 5.08. The van der Waals surface area contributed by atoms with Crippen molar-refractivity contribution in [2.75, 3.05) is 13.7 Å². The first-order chi connectivity index (χ1) is 22.9. The molecule has 0 amide bonds. The SMILES string of the molecule is COC(=O)CC1C(C)(C2=C(C)C(c3ccoc3)CC2OC(C)=O)C(OC(=O)C(C)C)C2OCC3(C)C(OC(C)=O)CC(OC(C)=O)C1(C)C23. The fourth-order valence-electron chi connectivity index (χ4n) is 10.1. The van der Waals surface area contributed by atoms with Crippen molar-refractivity contribution in [3.05, 3.63) is 35.3 Å². The lowest BCUT2D eigenvalue weighted by Crippen LogP contribution is -2.72. The number of methoxy groups -OCH3 is 1. The van der Waals surface area contributed by atoms with Gasteiger partial charge in [0.25, 0.3) is 0 Å². The zero-order valence-corrected chi connectivity index (χ0v) is 30.2. The van der Waals surface area contributed by atoms with Gasteiger partial charge in [-0.1, -0.05) is 40.2 Å². The second-order valence-electron chi connectivity index (χ2n) is 15.2. The van der Waals surface area contributed by atoms with Crippen LogP contribution in [0.1, 0.15) is 93.1 Å². The molecule has 12 nitrogen and oxygen atoms in total. The van der Waals surface area contributed by atoms with Gasteiger partial charge in [-0.25, -0.2) is 0 Å². The summed E-state index contributed by atoms with van der Waals surface area (Å²) in [6.07, 6.45) is -0.404. The first kappa shape index (κ1) is 36.6. The molecule has 11 unspecified atom stereocenters. The summed E-state index contributed by atoms with van der Waals surface area (Å²) < 4.78 is 42.1. The summed E-state index contributed by atoms with van der Waals surface area (Å²) in [6.45, 7) is 15.5. The average molecular weight is 687 g/mol. The van der Waals surface area contributed by atoms with Crippen molar-refractivity contribution in [3.8, 4) is 0 Å². The van der Waals surface area contributed by atoms with Crippen LogP contribution in [0.4, 0.5) is 0 Å². The largest absolute Gasteiger partial charge is 0.472 e. The van der Waals surface area contributed by atoms with Gasteiger partial charge in [0.2, 0.25) is 0 Å². The van der Waals surface area contributed by atoms with Crippen LogP contribution in [0.15, 0.2) is 34.2 Å². The van der Waals surface area contributed by atoms with Crippen LogP contribution in [0, 0.1) is 34.0 Å². The second-order valence-corrected chi connectivity index (χ2v) is 15.2. The van der Waals surface area contributed by atoms with Gasteiger partial charge in [0.1, 0.15) is 24.4 Å². The molecule has 0 spiro atoms. The number of rotatable bonds is 9. The Bertz CT molecular complexity index is 1510. The maximum Gasteiger partial charge on any atom is 0.308 e. The van der Waals surface area contributed by atoms with Crippen LogP contribution in [0.25, 0.3) is 0 Å². The molecule has 2 saturated carbocycles. The van der Waals surface area contributed by atoms with Crippen molar-refractivity contribution in [1.82, 2.24) is 0 Å². The summed E-state index contributed by atoms with van der Waals surface area (Å²) in [6, 6.07) is 1.86. The van der Waals surface area contributed by atoms with Crippen LogP contribution in [0.2, 0.25) is 0 Å². The molecular weight excluding hydrogens is 636 g/mol. The highest BCUT2D eigenvalue weighted by molar-refractivity contribution is 5.73. The molecule has 1 aliphatic heterocycles. The molecule has 0 aromatic carbocycles. The molecule has 5 rings (SSSR count). The average Bonchev–Trinajstić information content (AvgIpc) is 3.74. The van der Waals surface area contributed by atoms with Crippen molar-refractivity contribution in [3.63, 3.8) is 0 Å². The van der Waals surface area contributed by atoms with Crippen molar-refractivity contribution in [1.29, 1.82) is 0 Å². The molecular formula is C37H50O12. The van der Waals surface area contributed by atoms with Gasteiger partial charge in [0.15, 0.2) is 0 Å². The van der Waals surface area contributed by atoms with Crippen LogP contribution in [0.5, 0.6) is 0 Å². The molecule has 0 N–H and O–H groups in total. The Morgan fingerprint density at radius 1 is 0.918 bits per heavy atom. The van der Waals surface area contributed by atoms with E-state index in [4.69, 9.17) is 32.8 Å². The summed E-state index contributed by atoms with van der Waals surface area (Å²) >= 11 is 0.